The number of carbonyl (C=O) groups is 1. The molecule has 0 bridgehead atoms. The van der Waals surface area contributed by atoms with E-state index in [9.17, 15) is 13.2 Å². The van der Waals surface area contributed by atoms with Gasteiger partial charge >= 0.3 is 6.03 Å². The molecule has 0 aromatic heterocycles. The Bertz CT molecular complexity index is 621. The largest absolute Gasteiger partial charge is 0.335 e. The number of rotatable bonds is 4. The molecule has 1 atom stereocenters. The molecule has 1 aromatic carbocycles. The van der Waals surface area contributed by atoms with Crippen LogP contribution < -0.4 is 10.6 Å². The second-order valence-electron chi connectivity index (χ2n) is 5.47. The maximum absolute atomic E-state index is 11.9. The molecule has 2 rings (SSSR count). The predicted molar refractivity (Wildman–Crippen MR) is 78.6 cm³/mol. The van der Waals surface area contributed by atoms with Crippen molar-refractivity contribution in [3.8, 4) is 0 Å². The average Bonchev–Trinajstić information content (AvgIpc) is 3.14. The van der Waals surface area contributed by atoms with Gasteiger partial charge in [0.25, 0.3) is 0 Å². The van der Waals surface area contributed by atoms with Crippen LogP contribution in [0.2, 0.25) is 0 Å². The summed E-state index contributed by atoms with van der Waals surface area (Å²) in [6, 6.07) is 4.58. The van der Waals surface area contributed by atoms with Crippen molar-refractivity contribution in [2.45, 2.75) is 37.6 Å². The van der Waals surface area contributed by atoms with E-state index in [0.29, 0.717) is 11.6 Å². The van der Waals surface area contributed by atoms with Crippen LogP contribution in [0.4, 0.5) is 10.5 Å². The maximum atomic E-state index is 11.9. The lowest BCUT2D eigenvalue weighted by atomic mass is 10.2. The molecular formula is C14H20N2O3S. The minimum Gasteiger partial charge on any atom is -0.335 e. The molecule has 0 aliphatic heterocycles. The molecule has 1 fully saturated rings. The molecule has 0 radical (unpaired) electrons. The van der Waals surface area contributed by atoms with Crippen molar-refractivity contribution in [3.63, 3.8) is 0 Å². The molecule has 5 nitrogen and oxygen atoms in total. The number of aryl methyl sites for hydroxylation is 1. The Kier molecular flexibility index (Phi) is 4.04. The summed E-state index contributed by atoms with van der Waals surface area (Å²) >= 11 is 0. The number of hydrogen-bond donors (Lipinski definition) is 2. The van der Waals surface area contributed by atoms with Gasteiger partial charge in [0.05, 0.1) is 4.90 Å². The number of sulfone groups is 1. The molecule has 1 aromatic rings. The van der Waals surface area contributed by atoms with E-state index >= 15 is 0 Å². The lowest BCUT2D eigenvalue weighted by molar-refractivity contribution is 0.248. The Morgan fingerprint density at radius 2 is 2.00 bits per heavy atom. The van der Waals surface area contributed by atoms with Crippen LogP contribution >= 0.6 is 0 Å². The van der Waals surface area contributed by atoms with E-state index in [1.165, 1.54) is 6.07 Å². The second-order valence-corrected chi connectivity index (χ2v) is 7.49. The van der Waals surface area contributed by atoms with Crippen LogP contribution in [0.3, 0.4) is 0 Å². The van der Waals surface area contributed by atoms with Crippen LogP contribution in [0.5, 0.6) is 0 Å². The zero-order valence-electron chi connectivity index (χ0n) is 11.9. The summed E-state index contributed by atoms with van der Waals surface area (Å²) < 4.78 is 23.1. The van der Waals surface area contributed by atoms with Gasteiger partial charge in [0.15, 0.2) is 9.84 Å². The highest BCUT2D eigenvalue weighted by atomic mass is 32.2. The van der Waals surface area contributed by atoms with Gasteiger partial charge in [0.1, 0.15) is 0 Å². The number of carbonyl (C=O) groups excluding carboxylic acids is 1. The molecule has 20 heavy (non-hydrogen) atoms. The van der Waals surface area contributed by atoms with Crippen molar-refractivity contribution in [2.24, 2.45) is 5.92 Å². The average molecular weight is 296 g/mol. The van der Waals surface area contributed by atoms with Crippen LogP contribution in [0.25, 0.3) is 0 Å². The van der Waals surface area contributed by atoms with Crippen molar-refractivity contribution in [1.29, 1.82) is 0 Å². The van der Waals surface area contributed by atoms with Crippen molar-refractivity contribution < 1.29 is 13.2 Å². The minimum atomic E-state index is -3.28. The molecule has 0 saturated heterocycles. The fraction of sp³-hybridized carbons (Fsp3) is 0.500. The third kappa shape index (κ3) is 3.72. The molecule has 0 heterocycles. The molecular weight excluding hydrogens is 276 g/mol. The SMILES string of the molecule is Cc1ccc(S(C)(=O)=O)cc1NC(=O)NC(C)C1CC1. The highest BCUT2D eigenvalue weighted by molar-refractivity contribution is 7.90. The van der Waals surface area contributed by atoms with E-state index in [-0.39, 0.29) is 17.0 Å². The molecule has 110 valence electrons. The summed E-state index contributed by atoms with van der Waals surface area (Å²) in [6.07, 6.45) is 3.46. The highest BCUT2D eigenvalue weighted by Gasteiger charge is 2.28. The highest BCUT2D eigenvalue weighted by Crippen LogP contribution is 2.32. The van der Waals surface area contributed by atoms with E-state index in [1.807, 2.05) is 13.8 Å². The van der Waals surface area contributed by atoms with Gasteiger partial charge in [-0.15, -0.1) is 0 Å². The monoisotopic (exact) mass is 296 g/mol. The van der Waals surface area contributed by atoms with Crippen molar-refractivity contribution in [2.75, 3.05) is 11.6 Å². The van der Waals surface area contributed by atoms with Crippen LogP contribution in [0.1, 0.15) is 25.3 Å². The summed E-state index contributed by atoms with van der Waals surface area (Å²) in [5.74, 6) is 0.573. The van der Waals surface area contributed by atoms with Crippen LogP contribution in [0, 0.1) is 12.8 Å². The lowest BCUT2D eigenvalue weighted by Gasteiger charge is -2.15. The number of urea groups is 1. The van der Waals surface area contributed by atoms with Crippen molar-refractivity contribution in [1.82, 2.24) is 5.32 Å². The van der Waals surface area contributed by atoms with Gasteiger partial charge in [-0.25, -0.2) is 13.2 Å². The zero-order chi connectivity index (χ0) is 14.9. The maximum Gasteiger partial charge on any atom is 0.319 e. The molecule has 1 aliphatic carbocycles. The van der Waals surface area contributed by atoms with Crippen molar-refractivity contribution in [3.05, 3.63) is 23.8 Å². The number of hydrogen-bond acceptors (Lipinski definition) is 3. The number of amides is 2. The quantitative estimate of drug-likeness (QED) is 0.895. The standard InChI is InChI=1S/C14H20N2O3S/c1-9-4-7-12(20(3,18)19)8-13(9)16-14(17)15-10(2)11-5-6-11/h4,7-8,10-11H,5-6H2,1-3H3,(H2,15,16,17). The Hall–Kier alpha value is -1.56. The summed E-state index contributed by atoms with van der Waals surface area (Å²) in [5.41, 5.74) is 1.35. The topological polar surface area (TPSA) is 75.3 Å². The van der Waals surface area contributed by atoms with Crippen LogP contribution in [0.15, 0.2) is 23.1 Å². The Morgan fingerprint density at radius 3 is 2.55 bits per heavy atom. The molecule has 1 aliphatic rings. The van der Waals surface area contributed by atoms with E-state index in [2.05, 4.69) is 10.6 Å². The number of nitrogens with one attached hydrogen (secondary N) is 2. The summed E-state index contributed by atoms with van der Waals surface area (Å²) in [5, 5.41) is 5.60. The molecule has 2 N–H and O–H groups in total. The Labute approximate surface area is 119 Å². The lowest BCUT2D eigenvalue weighted by Crippen LogP contribution is -2.37. The first-order chi connectivity index (χ1) is 9.27. The summed E-state index contributed by atoms with van der Waals surface area (Å²) in [7, 11) is -3.28. The molecule has 6 heteroatoms. The first-order valence-electron chi connectivity index (χ1n) is 6.65. The smallest absolute Gasteiger partial charge is 0.319 e. The van der Waals surface area contributed by atoms with E-state index in [4.69, 9.17) is 0 Å². The van der Waals surface area contributed by atoms with Crippen LogP contribution in [-0.4, -0.2) is 26.7 Å². The Balaban J connectivity index is 2.09. The minimum absolute atomic E-state index is 0.147. The first kappa shape index (κ1) is 14.8. The van der Waals surface area contributed by atoms with Gasteiger partial charge in [0.2, 0.25) is 0 Å². The van der Waals surface area contributed by atoms with Gasteiger partial charge in [-0.2, -0.15) is 0 Å². The molecule has 2 amide bonds. The molecule has 1 unspecified atom stereocenters. The predicted octanol–water partition coefficient (Wildman–Crippen LogP) is 2.32. The number of anilines is 1. The Morgan fingerprint density at radius 1 is 1.35 bits per heavy atom. The third-order valence-corrected chi connectivity index (χ3v) is 4.68. The first-order valence-corrected chi connectivity index (χ1v) is 8.55. The van der Waals surface area contributed by atoms with Gasteiger partial charge in [-0.05, 0) is 50.3 Å². The normalized spacial score (nSPS) is 16.6. The fourth-order valence-corrected chi connectivity index (χ4v) is 2.69. The van der Waals surface area contributed by atoms with Gasteiger partial charge in [0, 0.05) is 18.0 Å². The van der Waals surface area contributed by atoms with Gasteiger partial charge < -0.3 is 10.6 Å². The third-order valence-electron chi connectivity index (χ3n) is 3.57. The fourth-order valence-electron chi connectivity index (χ4n) is 2.05. The summed E-state index contributed by atoms with van der Waals surface area (Å²) in [4.78, 5) is 12.1. The van der Waals surface area contributed by atoms with Gasteiger partial charge in [-0.3, -0.25) is 0 Å². The summed E-state index contributed by atoms with van der Waals surface area (Å²) in [6.45, 7) is 3.81. The van der Waals surface area contributed by atoms with E-state index in [1.54, 1.807) is 12.1 Å². The van der Waals surface area contributed by atoms with E-state index in [0.717, 1.165) is 24.7 Å². The van der Waals surface area contributed by atoms with E-state index < -0.39 is 9.84 Å². The molecule has 1 saturated carbocycles. The zero-order valence-corrected chi connectivity index (χ0v) is 12.8. The molecule has 0 spiro atoms. The second kappa shape index (κ2) is 5.44. The van der Waals surface area contributed by atoms with Gasteiger partial charge in [-0.1, -0.05) is 6.07 Å². The van der Waals surface area contributed by atoms with Crippen LogP contribution in [-0.2, 0) is 9.84 Å². The van der Waals surface area contributed by atoms with Crippen molar-refractivity contribution >= 4 is 21.6 Å². The number of benzene rings is 1.